The van der Waals surface area contributed by atoms with E-state index in [0.29, 0.717) is 0 Å². The third kappa shape index (κ3) is 9.80. The molecule has 0 radical (unpaired) electrons. The Morgan fingerprint density at radius 1 is 1.25 bits per heavy atom. The Hall–Kier alpha value is -2.04. The topological polar surface area (TPSA) is 135 Å². The summed E-state index contributed by atoms with van der Waals surface area (Å²) in [6.45, 7) is 12.6. The summed E-state index contributed by atoms with van der Waals surface area (Å²) in [5.74, 6) is -1.39. The molecule has 0 aliphatic carbocycles. The molecule has 0 aromatic carbocycles. The van der Waals surface area contributed by atoms with Crippen molar-refractivity contribution in [2.75, 3.05) is 7.11 Å². The Labute approximate surface area is 239 Å². The molecule has 0 saturated carbocycles. The lowest BCUT2D eigenvalue weighted by Gasteiger charge is -2.32. The largest absolute Gasteiger partial charge is 0.457 e. The van der Waals surface area contributed by atoms with E-state index in [4.69, 9.17) is 18.9 Å². The van der Waals surface area contributed by atoms with Crippen LogP contribution in [0.25, 0.3) is 0 Å². The van der Waals surface area contributed by atoms with Crippen LogP contribution < -0.4 is 0 Å². The summed E-state index contributed by atoms with van der Waals surface area (Å²) in [4.78, 5) is 24.3. The van der Waals surface area contributed by atoms with Crippen LogP contribution in [0, 0.1) is 17.8 Å². The average molecular weight is 567 g/mol. The fourth-order valence-corrected chi connectivity index (χ4v) is 5.32. The van der Waals surface area contributed by atoms with Gasteiger partial charge >= 0.3 is 11.9 Å². The molecular weight excluding hydrogens is 516 g/mol. The fourth-order valence-electron chi connectivity index (χ4n) is 5.32. The van der Waals surface area contributed by atoms with E-state index in [1.54, 1.807) is 26.2 Å². The average Bonchev–Trinajstić information content (AvgIpc) is 3.68. The molecule has 0 aromatic heterocycles. The van der Waals surface area contributed by atoms with E-state index in [1.807, 2.05) is 39.0 Å². The van der Waals surface area contributed by atoms with Crippen LogP contribution in [0.4, 0.5) is 0 Å². The van der Waals surface area contributed by atoms with Gasteiger partial charge in [-0.1, -0.05) is 52.0 Å². The predicted molar refractivity (Wildman–Crippen MR) is 151 cm³/mol. The van der Waals surface area contributed by atoms with Crippen LogP contribution in [-0.4, -0.2) is 82.7 Å². The monoisotopic (exact) mass is 566 g/mol. The molecule has 2 aliphatic rings. The SMILES string of the molecule is CC[C@H](OC)[C@@H](C)[C@H]1O[C@@H]1[C@@H](O)[C@H](C)/C=C/C=C(\C)[C@@H]1OC(=O)C[C@H](O)CC[C@@](C)(O)[C@@H](OC(C)=O)/C=C/[C@@H]1C. The third-order valence-electron chi connectivity index (χ3n) is 8.09. The number of esters is 2. The number of methoxy groups -OCH3 is 1. The molecule has 9 nitrogen and oxygen atoms in total. The van der Waals surface area contributed by atoms with Gasteiger partial charge in [-0.2, -0.15) is 0 Å². The minimum absolute atomic E-state index is 0.0387. The summed E-state index contributed by atoms with van der Waals surface area (Å²) in [7, 11) is 1.69. The van der Waals surface area contributed by atoms with E-state index in [9.17, 15) is 24.9 Å². The van der Waals surface area contributed by atoms with Gasteiger partial charge in [0.25, 0.3) is 0 Å². The van der Waals surface area contributed by atoms with Gasteiger partial charge in [0.15, 0.2) is 0 Å². The number of carbonyl (C=O) groups is 2. The first-order valence-corrected chi connectivity index (χ1v) is 14.4. The lowest BCUT2D eigenvalue weighted by molar-refractivity contribution is -0.157. The number of hydrogen-bond acceptors (Lipinski definition) is 9. The second kappa shape index (κ2) is 15.3. The zero-order valence-electron chi connectivity index (χ0n) is 25.3. The Morgan fingerprint density at radius 3 is 2.52 bits per heavy atom. The number of ether oxygens (including phenoxy) is 4. The first kappa shape index (κ1) is 34.2. The highest BCUT2D eigenvalue weighted by Crippen LogP contribution is 2.37. The minimum Gasteiger partial charge on any atom is -0.457 e. The smallest absolute Gasteiger partial charge is 0.309 e. The van der Waals surface area contributed by atoms with E-state index >= 15 is 0 Å². The van der Waals surface area contributed by atoms with Crippen LogP contribution in [0.15, 0.2) is 36.0 Å². The molecule has 9 heteroatoms. The quantitative estimate of drug-likeness (QED) is 0.157. The van der Waals surface area contributed by atoms with Gasteiger partial charge in [0.2, 0.25) is 0 Å². The maximum atomic E-state index is 12.6. The molecule has 228 valence electrons. The lowest BCUT2D eigenvalue weighted by Crippen LogP contribution is -2.42. The normalized spacial score (nSPS) is 36.0. The van der Waals surface area contributed by atoms with E-state index in [0.717, 1.165) is 12.0 Å². The van der Waals surface area contributed by atoms with E-state index in [-0.39, 0.29) is 55.3 Å². The number of aliphatic hydroxyl groups excluding tert-OH is 2. The van der Waals surface area contributed by atoms with Crippen molar-refractivity contribution in [3.63, 3.8) is 0 Å². The number of allylic oxidation sites excluding steroid dienone is 2. The number of rotatable bonds is 10. The van der Waals surface area contributed by atoms with Crippen molar-refractivity contribution in [1.82, 2.24) is 0 Å². The molecule has 40 heavy (non-hydrogen) atoms. The number of epoxide rings is 1. The zero-order valence-corrected chi connectivity index (χ0v) is 25.3. The Bertz CT molecular complexity index is 920. The molecular formula is C31H50O9. The molecule has 11 atom stereocenters. The van der Waals surface area contributed by atoms with Gasteiger partial charge < -0.3 is 34.3 Å². The zero-order chi connectivity index (χ0) is 30.2. The summed E-state index contributed by atoms with van der Waals surface area (Å²) in [5, 5.41) is 32.2. The van der Waals surface area contributed by atoms with Crippen molar-refractivity contribution in [2.45, 2.75) is 122 Å². The maximum absolute atomic E-state index is 12.6. The van der Waals surface area contributed by atoms with Crippen LogP contribution in [0.2, 0.25) is 0 Å². The standard InChI is InChI=1S/C31H50O9/c1-9-24(37-8)21(5)29-30(40-29)27(35)18(2)11-10-12-19(3)28-20(4)13-14-25(38-22(6)32)31(7,36)16-15-23(33)17-26(34)39-28/h10-14,18,20-21,23-25,27-30,33,35-36H,9,15-17H2,1-8H3/b11-10+,14-13+,19-12+/t18-,20+,21-,23-,24+,25+,27+,28+,29-,30-,31-/m1/s1. The van der Waals surface area contributed by atoms with Crippen LogP contribution in [-0.2, 0) is 28.5 Å². The molecule has 0 aromatic rings. The van der Waals surface area contributed by atoms with E-state index in [2.05, 4.69) is 13.8 Å². The minimum atomic E-state index is -1.42. The van der Waals surface area contributed by atoms with Crippen molar-refractivity contribution >= 4 is 11.9 Å². The second-order valence-corrected chi connectivity index (χ2v) is 11.7. The summed E-state index contributed by atoms with van der Waals surface area (Å²) >= 11 is 0. The summed E-state index contributed by atoms with van der Waals surface area (Å²) in [6, 6.07) is 0. The number of hydrogen-bond donors (Lipinski definition) is 3. The van der Waals surface area contributed by atoms with Crippen LogP contribution in [0.3, 0.4) is 0 Å². The first-order valence-electron chi connectivity index (χ1n) is 14.4. The number of cyclic esters (lactones) is 1. The number of aliphatic hydroxyl groups is 3. The Kier molecular flexibility index (Phi) is 13.0. The molecule has 2 aliphatic heterocycles. The van der Waals surface area contributed by atoms with Crippen molar-refractivity contribution in [3.05, 3.63) is 36.0 Å². The van der Waals surface area contributed by atoms with Gasteiger partial charge in [0.1, 0.15) is 23.9 Å². The molecule has 0 amide bonds. The summed E-state index contributed by atoms with van der Waals surface area (Å²) in [6.07, 6.45) is 6.42. The maximum Gasteiger partial charge on any atom is 0.309 e. The van der Waals surface area contributed by atoms with E-state index < -0.39 is 42.0 Å². The molecule has 3 N–H and O–H groups in total. The Balaban J connectivity index is 2.16. The number of carbonyl (C=O) groups excluding carboxylic acids is 2. The van der Waals surface area contributed by atoms with Gasteiger partial charge in [0.05, 0.1) is 30.8 Å². The van der Waals surface area contributed by atoms with Crippen molar-refractivity contribution < 1.29 is 43.9 Å². The molecule has 0 unspecified atom stereocenters. The molecule has 0 bridgehead atoms. The molecule has 1 saturated heterocycles. The van der Waals surface area contributed by atoms with Crippen molar-refractivity contribution in [3.8, 4) is 0 Å². The van der Waals surface area contributed by atoms with Crippen LogP contribution in [0.1, 0.15) is 74.1 Å². The van der Waals surface area contributed by atoms with Gasteiger partial charge in [-0.25, -0.2) is 0 Å². The fraction of sp³-hybridized carbons (Fsp3) is 0.742. The highest BCUT2D eigenvalue weighted by molar-refractivity contribution is 5.70. The van der Waals surface area contributed by atoms with Gasteiger partial charge in [0, 0.05) is 31.8 Å². The first-order chi connectivity index (χ1) is 18.7. The predicted octanol–water partition coefficient (Wildman–Crippen LogP) is 3.65. The van der Waals surface area contributed by atoms with Gasteiger partial charge in [-0.15, -0.1) is 0 Å². The molecule has 1 fully saturated rings. The molecule has 2 rings (SSSR count). The van der Waals surface area contributed by atoms with Crippen LogP contribution >= 0.6 is 0 Å². The van der Waals surface area contributed by atoms with Gasteiger partial charge in [-0.05, 0) is 44.8 Å². The van der Waals surface area contributed by atoms with Crippen LogP contribution in [0.5, 0.6) is 0 Å². The lowest BCUT2D eigenvalue weighted by atomic mass is 9.88. The van der Waals surface area contributed by atoms with Crippen molar-refractivity contribution in [2.24, 2.45) is 17.8 Å². The van der Waals surface area contributed by atoms with Gasteiger partial charge in [-0.3, -0.25) is 9.59 Å². The Morgan fingerprint density at radius 2 is 1.93 bits per heavy atom. The van der Waals surface area contributed by atoms with E-state index in [1.165, 1.54) is 6.92 Å². The third-order valence-corrected chi connectivity index (χ3v) is 8.09. The highest BCUT2D eigenvalue weighted by atomic mass is 16.6. The molecule has 2 heterocycles. The highest BCUT2D eigenvalue weighted by Gasteiger charge is 2.50. The summed E-state index contributed by atoms with van der Waals surface area (Å²) in [5.41, 5.74) is -0.666. The molecule has 0 spiro atoms. The van der Waals surface area contributed by atoms with Crippen molar-refractivity contribution in [1.29, 1.82) is 0 Å². The summed E-state index contributed by atoms with van der Waals surface area (Å²) < 4.78 is 22.5. The second-order valence-electron chi connectivity index (χ2n) is 11.7.